The lowest BCUT2D eigenvalue weighted by molar-refractivity contribution is 0.00578. The summed E-state index contributed by atoms with van der Waals surface area (Å²) in [6, 6.07) is 0. The summed E-state index contributed by atoms with van der Waals surface area (Å²) in [6.45, 7) is 16.1. The third-order valence-electron chi connectivity index (χ3n) is 5.17. The number of hydrogen-bond donors (Lipinski definition) is 0. The summed E-state index contributed by atoms with van der Waals surface area (Å²) in [5, 5.41) is 0. The second-order valence-corrected chi connectivity index (χ2v) is 8.04. The van der Waals surface area contributed by atoms with Crippen molar-refractivity contribution in [2.75, 3.05) is 0 Å². The second-order valence-electron chi connectivity index (χ2n) is 8.04. The van der Waals surface area contributed by atoms with Gasteiger partial charge in [-0.25, -0.2) is 0 Å². The maximum absolute atomic E-state index is 5.84. The Labute approximate surface area is 140 Å². The van der Waals surface area contributed by atoms with E-state index in [9.17, 15) is 0 Å². The molecule has 0 N–H and O–H groups in total. The van der Waals surface area contributed by atoms with E-state index in [4.69, 9.17) is 23.4 Å². The van der Waals surface area contributed by atoms with E-state index in [-0.39, 0.29) is 22.4 Å². The third-order valence-corrected chi connectivity index (χ3v) is 5.17. The summed E-state index contributed by atoms with van der Waals surface area (Å²) >= 11 is 0. The van der Waals surface area contributed by atoms with Crippen LogP contribution in [0.5, 0.6) is 0 Å². The van der Waals surface area contributed by atoms with Crippen molar-refractivity contribution in [2.45, 2.75) is 77.8 Å². The molecule has 0 aliphatic carbocycles. The molecular weight excluding hydrogens is 294 g/mol. The highest BCUT2D eigenvalue weighted by Crippen LogP contribution is 2.37. The molecule has 5 nitrogen and oxygen atoms in total. The molecule has 0 atom stereocenters. The Morgan fingerprint density at radius 3 is 1.09 bits per heavy atom. The Balaban J connectivity index is 1.80. The molecule has 0 aromatic carbocycles. The van der Waals surface area contributed by atoms with E-state index >= 15 is 0 Å². The van der Waals surface area contributed by atoms with Crippen molar-refractivity contribution in [1.82, 2.24) is 0 Å². The zero-order chi connectivity index (χ0) is 17.5. The van der Waals surface area contributed by atoms with Crippen LogP contribution in [0.2, 0.25) is 0 Å². The number of rotatable bonds is 4. The molecule has 0 spiro atoms. The first-order valence-corrected chi connectivity index (χ1v) is 8.06. The molecule has 0 unspecified atom stereocenters. The molecule has 0 aromatic heterocycles. The highest BCUT2D eigenvalue weighted by Gasteiger charge is 2.51. The van der Waals surface area contributed by atoms with Crippen molar-refractivity contribution in [3.8, 4) is 0 Å². The fourth-order valence-electron chi connectivity index (χ4n) is 2.20. The molecule has 2 aliphatic rings. The second kappa shape index (κ2) is 5.96. The first kappa shape index (κ1) is 18.6. The van der Waals surface area contributed by atoms with E-state index in [1.807, 2.05) is 55.4 Å². The van der Waals surface area contributed by atoms with Crippen molar-refractivity contribution < 1.29 is 23.4 Å². The molecule has 2 fully saturated rings. The predicted molar refractivity (Wildman–Crippen MR) is 91.5 cm³/mol. The normalized spacial score (nSPS) is 28.2. The van der Waals surface area contributed by atoms with Crippen molar-refractivity contribution in [3.63, 3.8) is 0 Å². The molecule has 2 aliphatic heterocycles. The van der Waals surface area contributed by atoms with Crippen LogP contribution in [0.25, 0.3) is 0 Å². The van der Waals surface area contributed by atoms with Crippen LogP contribution in [-0.4, -0.2) is 36.6 Å². The van der Waals surface area contributed by atoms with Gasteiger partial charge < -0.3 is 23.4 Å². The highest BCUT2D eigenvalue weighted by molar-refractivity contribution is 6.52. The maximum atomic E-state index is 5.84. The highest BCUT2D eigenvalue weighted by atomic mass is 16.7. The van der Waals surface area contributed by atoms with Crippen molar-refractivity contribution in [3.05, 3.63) is 24.5 Å². The summed E-state index contributed by atoms with van der Waals surface area (Å²) < 4.78 is 28.7. The molecule has 2 heterocycles. The van der Waals surface area contributed by atoms with Crippen LogP contribution in [0, 0.1) is 0 Å². The van der Waals surface area contributed by atoms with E-state index in [1.54, 1.807) is 24.5 Å². The van der Waals surface area contributed by atoms with Gasteiger partial charge in [0.15, 0.2) is 0 Å². The van der Waals surface area contributed by atoms with E-state index in [0.717, 1.165) is 0 Å². The standard InChI is InChI=1S/C16H28B2O5/c1-13(2)14(3,4)21-17(20-13)9-11-19-12-10-18-22-15(5,6)16(7,8)23-18/h9-12H,1-8H3/b11-9-,12-10-. The molecule has 0 aromatic rings. The van der Waals surface area contributed by atoms with Gasteiger partial charge in [0.2, 0.25) is 0 Å². The van der Waals surface area contributed by atoms with Crippen LogP contribution in [0.4, 0.5) is 0 Å². The number of ether oxygens (including phenoxy) is 1. The molecule has 7 heteroatoms. The molecule has 128 valence electrons. The van der Waals surface area contributed by atoms with E-state index < -0.39 is 14.2 Å². The first-order chi connectivity index (χ1) is 10.4. The lowest BCUT2D eigenvalue weighted by Gasteiger charge is -2.32. The van der Waals surface area contributed by atoms with Crippen molar-refractivity contribution in [1.29, 1.82) is 0 Å². The topological polar surface area (TPSA) is 46.2 Å². The SMILES string of the molecule is CC1(C)OB(/C=C\O/C=C\B2OC(C)(C)C(C)(C)O2)OC1(C)C. The van der Waals surface area contributed by atoms with Gasteiger partial charge in [0.25, 0.3) is 0 Å². The van der Waals surface area contributed by atoms with Crippen LogP contribution in [0.1, 0.15) is 55.4 Å². The Morgan fingerprint density at radius 1 is 0.565 bits per heavy atom. The summed E-state index contributed by atoms with van der Waals surface area (Å²) in [5.41, 5.74) is -1.39. The molecular formula is C16H28B2O5. The van der Waals surface area contributed by atoms with Gasteiger partial charge in [0, 0.05) is 0 Å². The summed E-state index contributed by atoms with van der Waals surface area (Å²) in [4.78, 5) is 0. The van der Waals surface area contributed by atoms with Gasteiger partial charge in [-0.3, -0.25) is 0 Å². The van der Waals surface area contributed by atoms with Gasteiger partial charge in [-0.2, -0.15) is 0 Å². The minimum atomic E-state index is -0.412. The summed E-state index contributed by atoms with van der Waals surface area (Å²) in [6.07, 6.45) is 3.09. The smallest absolute Gasteiger partial charge is 0.475 e. The average Bonchev–Trinajstić information content (AvgIpc) is 2.67. The Hall–Kier alpha value is -0.750. The van der Waals surface area contributed by atoms with Gasteiger partial charge in [0.1, 0.15) is 0 Å². The van der Waals surface area contributed by atoms with Crippen LogP contribution < -0.4 is 0 Å². The van der Waals surface area contributed by atoms with Crippen LogP contribution >= 0.6 is 0 Å². The van der Waals surface area contributed by atoms with Crippen LogP contribution in [0.3, 0.4) is 0 Å². The van der Waals surface area contributed by atoms with E-state index in [0.29, 0.717) is 0 Å². The molecule has 0 amide bonds. The maximum Gasteiger partial charge on any atom is 0.490 e. The van der Waals surface area contributed by atoms with Crippen LogP contribution in [-0.2, 0) is 23.4 Å². The van der Waals surface area contributed by atoms with Gasteiger partial charge in [-0.05, 0) is 67.3 Å². The zero-order valence-electron chi connectivity index (χ0n) is 15.5. The van der Waals surface area contributed by atoms with Crippen molar-refractivity contribution in [2.24, 2.45) is 0 Å². The van der Waals surface area contributed by atoms with Crippen LogP contribution in [0.15, 0.2) is 24.5 Å². The monoisotopic (exact) mass is 322 g/mol. The minimum Gasteiger partial charge on any atom is -0.475 e. The Kier molecular flexibility index (Phi) is 4.81. The van der Waals surface area contributed by atoms with E-state index in [2.05, 4.69) is 0 Å². The Bertz CT molecular complexity index is 421. The number of hydrogen-bond acceptors (Lipinski definition) is 5. The fourth-order valence-corrected chi connectivity index (χ4v) is 2.20. The molecule has 2 rings (SSSR count). The fraction of sp³-hybridized carbons (Fsp3) is 0.750. The molecule has 23 heavy (non-hydrogen) atoms. The molecule has 0 bridgehead atoms. The van der Waals surface area contributed by atoms with Gasteiger partial charge >= 0.3 is 14.2 Å². The largest absolute Gasteiger partial charge is 0.490 e. The summed E-state index contributed by atoms with van der Waals surface area (Å²) in [5.74, 6) is 3.48. The summed E-state index contributed by atoms with van der Waals surface area (Å²) in [7, 11) is -0.824. The third kappa shape index (κ3) is 3.85. The van der Waals surface area contributed by atoms with Gasteiger partial charge in [-0.15, -0.1) is 0 Å². The molecule has 0 saturated carbocycles. The first-order valence-electron chi connectivity index (χ1n) is 8.06. The van der Waals surface area contributed by atoms with Crippen molar-refractivity contribution >= 4 is 14.2 Å². The minimum absolute atomic E-state index is 0.347. The molecule has 0 radical (unpaired) electrons. The average molecular weight is 322 g/mol. The molecule has 2 saturated heterocycles. The van der Waals surface area contributed by atoms with Gasteiger partial charge in [0.05, 0.1) is 34.9 Å². The lowest BCUT2D eigenvalue weighted by Crippen LogP contribution is -2.41. The quantitative estimate of drug-likeness (QED) is 0.587. The lowest BCUT2D eigenvalue weighted by atomic mass is 9.90. The predicted octanol–water partition coefficient (Wildman–Crippen LogP) is 3.29. The van der Waals surface area contributed by atoms with Gasteiger partial charge in [-0.1, -0.05) is 0 Å². The van der Waals surface area contributed by atoms with E-state index in [1.165, 1.54) is 0 Å². The Morgan fingerprint density at radius 2 is 0.826 bits per heavy atom. The zero-order valence-corrected chi connectivity index (χ0v) is 15.5.